The van der Waals surface area contributed by atoms with Crippen LogP contribution in [0.4, 0.5) is 8.78 Å². The number of rotatable bonds is 5. The maximum absolute atomic E-state index is 14.7. The fourth-order valence-electron chi connectivity index (χ4n) is 4.33. The molecule has 9 heteroatoms. The highest BCUT2D eigenvalue weighted by atomic mass is 19.1. The summed E-state index contributed by atoms with van der Waals surface area (Å²) < 4.78 is 30.5. The number of likely N-dealkylation sites (tertiary alicyclic amines) is 1. The molecule has 1 fully saturated rings. The van der Waals surface area contributed by atoms with Gasteiger partial charge in [0.25, 0.3) is 0 Å². The number of aryl methyl sites for hydroxylation is 1. The first-order chi connectivity index (χ1) is 15.6. The van der Waals surface area contributed by atoms with Crippen molar-refractivity contribution in [2.75, 3.05) is 6.54 Å². The van der Waals surface area contributed by atoms with Crippen molar-refractivity contribution >= 4 is 22.7 Å². The summed E-state index contributed by atoms with van der Waals surface area (Å²) in [4.78, 5) is 30.5. The molecule has 3 atom stereocenters. The van der Waals surface area contributed by atoms with Crippen LogP contribution in [0, 0.1) is 5.95 Å². The highest BCUT2D eigenvalue weighted by molar-refractivity contribution is 5.88. The van der Waals surface area contributed by atoms with Gasteiger partial charge in [0, 0.05) is 37.5 Å². The molecular formula is C24H27F2N5O2. The van der Waals surface area contributed by atoms with E-state index in [0.29, 0.717) is 22.3 Å². The van der Waals surface area contributed by atoms with E-state index in [4.69, 9.17) is 0 Å². The maximum atomic E-state index is 14.7. The van der Waals surface area contributed by atoms with Crippen LogP contribution in [-0.2, 0) is 16.6 Å². The van der Waals surface area contributed by atoms with Crippen molar-refractivity contribution in [1.29, 1.82) is 0 Å². The monoisotopic (exact) mass is 455 g/mol. The molecule has 174 valence electrons. The van der Waals surface area contributed by atoms with Crippen LogP contribution in [0.1, 0.15) is 56.0 Å². The van der Waals surface area contributed by atoms with Crippen LogP contribution in [0.25, 0.3) is 10.9 Å². The SMILES string of the molecule is CC(=O)N1C[C@H](F)C[C@H]1C(=O)N[C@@H](c1ccc2cn(C)nc2c1)c1ccc(C(C)C)c(F)n1. The van der Waals surface area contributed by atoms with E-state index in [1.807, 2.05) is 45.3 Å². The van der Waals surface area contributed by atoms with Gasteiger partial charge in [0.2, 0.25) is 17.8 Å². The predicted octanol–water partition coefficient (Wildman–Crippen LogP) is 3.40. The second-order valence-corrected chi connectivity index (χ2v) is 8.85. The number of carbonyl (C=O) groups excluding carboxylic acids is 2. The average molecular weight is 456 g/mol. The number of hydrogen-bond donors (Lipinski definition) is 1. The van der Waals surface area contributed by atoms with Gasteiger partial charge in [0.05, 0.1) is 23.8 Å². The normalized spacial score (nSPS) is 19.3. The number of benzene rings is 1. The lowest BCUT2D eigenvalue weighted by Gasteiger charge is -2.26. The fraction of sp³-hybridized carbons (Fsp3) is 0.417. The predicted molar refractivity (Wildman–Crippen MR) is 120 cm³/mol. The second kappa shape index (κ2) is 8.88. The molecule has 3 aromatic rings. The molecule has 1 aliphatic rings. The fourth-order valence-corrected chi connectivity index (χ4v) is 4.33. The van der Waals surface area contributed by atoms with Crippen LogP contribution < -0.4 is 5.32 Å². The largest absolute Gasteiger partial charge is 0.342 e. The van der Waals surface area contributed by atoms with Gasteiger partial charge in [-0.15, -0.1) is 0 Å². The first-order valence-corrected chi connectivity index (χ1v) is 10.9. The molecule has 33 heavy (non-hydrogen) atoms. The van der Waals surface area contributed by atoms with Crippen molar-refractivity contribution in [3.05, 3.63) is 59.3 Å². The summed E-state index contributed by atoms with van der Waals surface area (Å²) in [5, 5.41) is 8.21. The van der Waals surface area contributed by atoms with Crippen LogP contribution in [0.3, 0.4) is 0 Å². The number of fused-ring (bicyclic) bond motifs is 1. The molecular weight excluding hydrogens is 428 g/mol. The van der Waals surface area contributed by atoms with E-state index in [9.17, 15) is 18.4 Å². The molecule has 0 saturated carbocycles. The Kier molecular flexibility index (Phi) is 6.14. The van der Waals surface area contributed by atoms with Gasteiger partial charge in [-0.05, 0) is 23.6 Å². The number of nitrogens with zero attached hydrogens (tertiary/aromatic N) is 4. The number of alkyl halides is 1. The van der Waals surface area contributed by atoms with Gasteiger partial charge in [-0.2, -0.15) is 9.49 Å². The molecule has 7 nitrogen and oxygen atoms in total. The van der Waals surface area contributed by atoms with Gasteiger partial charge in [-0.3, -0.25) is 14.3 Å². The topological polar surface area (TPSA) is 80.1 Å². The summed E-state index contributed by atoms with van der Waals surface area (Å²) in [6.07, 6.45) is 0.520. The minimum absolute atomic E-state index is 0.0476. The maximum Gasteiger partial charge on any atom is 0.243 e. The van der Waals surface area contributed by atoms with Crippen LogP contribution >= 0.6 is 0 Å². The number of carbonyl (C=O) groups is 2. The van der Waals surface area contributed by atoms with Crippen LogP contribution in [-0.4, -0.2) is 50.2 Å². The Morgan fingerprint density at radius 1 is 1.21 bits per heavy atom. The molecule has 0 unspecified atom stereocenters. The van der Waals surface area contributed by atoms with Crippen LogP contribution in [0.5, 0.6) is 0 Å². The molecule has 0 bridgehead atoms. The molecule has 0 spiro atoms. The Bertz CT molecular complexity index is 1210. The Balaban J connectivity index is 1.73. The number of pyridine rings is 1. The van der Waals surface area contributed by atoms with Crippen molar-refractivity contribution in [3.63, 3.8) is 0 Å². The third-order valence-corrected chi connectivity index (χ3v) is 6.04. The quantitative estimate of drug-likeness (QED) is 0.598. The number of aromatic nitrogens is 3. The first kappa shape index (κ1) is 22.8. The summed E-state index contributed by atoms with van der Waals surface area (Å²) in [5.74, 6) is -1.52. The summed E-state index contributed by atoms with van der Waals surface area (Å²) in [5.41, 5.74) is 2.15. The summed E-state index contributed by atoms with van der Waals surface area (Å²) >= 11 is 0. The number of nitrogens with one attached hydrogen (secondary N) is 1. The zero-order valence-electron chi connectivity index (χ0n) is 19.0. The molecule has 1 aliphatic heterocycles. The van der Waals surface area contributed by atoms with Gasteiger partial charge in [0.15, 0.2) is 0 Å². The molecule has 1 N–H and O–H groups in total. The van der Waals surface area contributed by atoms with Crippen molar-refractivity contribution in [1.82, 2.24) is 25.0 Å². The first-order valence-electron chi connectivity index (χ1n) is 10.9. The third kappa shape index (κ3) is 4.58. The Hall–Kier alpha value is -3.36. The highest BCUT2D eigenvalue weighted by Gasteiger charge is 2.39. The Morgan fingerprint density at radius 3 is 2.64 bits per heavy atom. The molecule has 2 aromatic heterocycles. The smallest absolute Gasteiger partial charge is 0.243 e. The van der Waals surface area contributed by atoms with E-state index in [2.05, 4.69) is 15.4 Å². The average Bonchev–Trinajstić information content (AvgIpc) is 3.32. The molecule has 1 saturated heterocycles. The van der Waals surface area contributed by atoms with E-state index >= 15 is 0 Å². The van der Waals surface area contributed by atoms with Gasteiger partial charge in [-0.1, -0.05) is 32.0 Å². The van der Waals surface area contributed by atoms with E-state index in [1.54, 1.807) is 16.8 Å². The lowest BCUT2D eigenvalue weighted by Crippen LogP contribution is -2.46. The van der Waals surface area contributed by atoms with E-state index in [-0.39, 0.29) is 24.8 Å². The second-order valence-electron chi connectivity index (χ2n) is 8.85. The molecule has 1 aromatic carbocycles. The molecule has 4 rings (SSSR count). The van der Waals surface area contributed by atoms with Crippen molar-refractivity contribution in [3.8, 4) is 0 Å². The summed E-state index contributed by atoms with van der Waals surface area (Å²) in [6.45, 7) is 4.94. The van der Waals surface area contributed by atoms with Crippen molar-refractivity contribution in [2.45, 2.75) is 51.4 Å². The minimum atomic E-state index is -1.27. The molecule has 3 heterocycles. The minimum Gasteiger partial charge on any atom is -0.342 e. The van der Waals surface area contributed by atoms with Gasteiger partial charge < -0.3 is 10.2 Å². The summed E-state index contributed by atoms with van der Waals surface area (Å²) in [6, 6.07) is 7.11. The highest BCUT2D eigenvalue weighted by Crippen LogP contribution is 2.28. The van der Waals surface area contributed by atoms with Gasteiger partial charge in [-0.25, -0.2) is 9.37 Å². The lowest BCUT2D eigenvalue weighted by molar-refractivity contribution is -0.137. The van der Waals surface area contributed by atoms with Gasteiger partial charge in [0.1, 0.15) is 12.2 Å². The molecule has 0 radical (unpaired) electrons. The Labute approximate surface area is 190 Å². The third-order valence-electron chi connectivity index (χ3n) is 6.04. The standard InChI is InChI=1S/C24H27F2N5O2/c1-13(2)18-7-8-19(27-23(18)26)22(15-5-6-16-11-30(4)29-20(16)9-15)28-24(33)21-10-17(25)12-31(21)14(3)32/h5-9,11,13,17,21-22H,10,12H2,1-4H3,(H,28,33)/t17-,21+,22+/m1/s1. The van der Waals surface area contributed by atoms with Gasteiger partial charge >= 0.3 is 0 Å². The number of amides is 2. The lowest BCUT2D eigenvalue weighted by atomic mass is 9.99. The molecule has 2 amide bonds. The van der Waals surface area contributed by atoms with Crippen molar-refractivity contribution in [2.24, 2.45) is 7.05 Å². The van der Waals surface area contributed by atoms with E-state index < -0.39 is 30.1 Å². The number of halogens is 2. The molecule has 0 aliphatic carbocycles. The summed E-state index contributed by atoms with van der Waals surface area (Å²) in [7, 11) is 1.81. The van der Waals surface area contributed by atoms with E-state index in [1.165, 1.54) is 11.8 Å². The number of hydrogen-bond acceptors (Lipinski definition) is 4. The van der Waals surface area contributed by atoms with E-state index in [0.717, 1.165) is 5.39 Å². The zero-order chi connectivity index (χ0) is 23.9. The van der Waals surface area contributed by atoms with Crippen LogP contribution in [0.15, 0.2) is 36.5 Å². The van der Waals surface area contributed by atoms with Crippen LogP contribution in [0.2, 0.25) is 0 Å². The van der Waals surface area contributed by atoms with Crippen molar-refractivity contribution < 1.29 is 18.4 Å². The Morgan fingerprint density at radius 2 is 1.97 bits per heavy atom. The zero-order valence-corrected chi connectivity index (χ0v) is 19.0.